The van der Waals surface area contributed by atoms with Gasteiger partial charge in [0.05, 0.1) is 18.4 Å². The second-order valence-electron chi connectivity index (χ2n) is 3.55. The van der Waals surface area contributed by atoms with Crippen molar-refractivity contribution in [2.75, 3.05) is 6.61 Å². The van der Waals surface area contributed by atoms with E-state index in [9.17, 15) is 0 Å². The number of fused-ring (bicyclic) bond motifs is 1. The summed E-state index contributed by atoms with van der Waals surface area (Å²) in [6, 6.07) is 0. The molecule has 2 aromatic rings. The van der Waals surface area contributed by atoms with Crippen LogP contribution in [-0.4, -0.2) is 31.2 Å². The fraction of sp³-hybridized carbons (Fsp3) is 0.444. The normalized spacial score (nSPS) is 15.3. The van der Waals surface area contributed by atoms with Crippen LogP contribution in [0.3, 0.4) is 0 Å². The maximum absolute atomic E-state index is 5.31. The van der Waals surface area contributed by atoms with E-state index >= 15 is 0 Å². The number of rotatable bonds is 1. The fourth-order valence-corrected chi connectivity index (χ4v) is 1.75. The first-order valence-corrected chi connectivity index (χ1v) is 4.83. The van der Waals surface area contributed by atoms with Crippen LogP contribution >= 0.6 is 0 Å². The molecule has 3 rings (SSSR count). The predicted octanol–water partition coefficient (Wildman–Crippen LogP) is 0.209. The number of ether oxygens (including phenoxy) is 1. The van der Waals surface area contributed by atoms with Gasteiger partial charge in [-0.2, -0.15) is 5.10 Å². The fourth-order valence-electron chi connectivity index (χ4n) is 1.75. The van der Waals surface area contributed by atoms with Crippen molar-refractivity contribution < 1.29 is 4.74 Å². The van der Waals surface area contributed by atoms with Crippen molar-refractivity contribution in [3.05, 3.63) is 18.2 Å². The van der Waals surface area contributed by atoms with Gasteiger partial charge in [0.25, 0.3) is 0 Å². The molecule has 3 heterocycles. The summed E-state index contributed by atoms with van der Waals surface area (Å²) >= 11 is 0. The molecule has 0 amide bonds. The molecule has 78 valence electrons. The smallest absolute Gasteiger partial charge is 0.167 e. The van der Waals surface area contributed by atoms with Gasteiger partial charge in [0, 0.05) is 19.8 Å². The summed E-state index contributed by atoms with van der Waals surface area (Å²) < 4.78 is 9.15. The van der Waals surface area contributed by atoms with Crippen LogP contribution in [0.25, 0.3) is 11.4 Å². The van der Waals surface area contributed by atoms with Crippen molar-refractivity contribution in [1.82, 2.24) is 24.5 Å². The second kappa shape index (κ2) is 3.16. The minimum absolute atomic E-state index is 0.549. The minimum atomic E-state index is 0.549. The Morgan fingerprint density at radius 1 is 1.40 bits per heavy atom. The van der Waals surface area contributed by atoms with E-state index in [0.717, 1.165) is 30.4 Å². The first-order chi connectivity index (χ1) is 7.34. The number of nitrogens with zero attached hydrogens (tertiary/aromatic N) is 5. The summed E-state index contributed by atoms with van der Waals surface area (Å²) in [5, 5.41) is 12.4. The molecule has 0 saturated heterocycles. The average Bonchev–Trinajstić information content (AvgIpc) is 2.83. The van der Waals surface area contributed by atoms with Crippen LogP contribution in [0.2, 0.25) is 0 Å². The molecule has 0 N–H and O–H groups in total. The monoisotopic (exact) mass is 205 g/mol. The highest BCUT2D eigenvalue weighted by Gasteiger charge is 2.17. The number of hydrogen-bond donors (Lipinski definition) is 0. The zero-order valence-corrected chi connectivity index (χ0v) is 8.42. The zero-order valence-electron chi connectivity index (χ0n) is 8.42. The van der Waals surface area contributed by atoms with E-state index in [1.54, 1.807) is 10.9 Å². The molecule has 1 aliphatic rings. The van der Waals surface area contributed by atoms with E-state index in [4.69, 9.17) is 4.74 Å². The summed E-state index contributed by atoms with van der Waals surface area (Å²) in [7, 11) is 1.89. The lowest BCUT2D eigenvalue weighted by Gasteiger charge is -2.14. The molecule has 6 nitrogen and oxygen atoms in total. The molecule has 2 aromatic heterocycles. The molecular formula is C9H11N5O. The average molecular weight is 205 g/mol. The molecule has 6 heteroatoms. The van der Waals surface area contributed by atoms with Crippen molar-refractivity contribution in [3.8, 4) is 11.4 Å². The van der Waals surface area contributed by atoms with Crippen LogP contribution in [0.5, 0.6) is 0 Å². The molecule has 0 atom stereocenters. The highest BCUT2D eigenvalue weighted by atomic mass is 16.5. The Hall–Kier alpha value is -1.69. The summed E-state index contributed by atoms with van der Waals surface area (Å²) in [6.45, 7) is 2.08. The SMILES string of the molecule is Cn1cc(-c2nnc3n2CCOC3)cn1. The summed E-state index contributed by atoms with van der Waals surface area (Å²) in [4.78, 5) is 0. The van der Waals surface area contributed by atoms with Gasteiger partial charge in [-0.05, 0) is 0 Å². The van der Waals surface area contributed by atoms with Gasteiger partial charge in [0.15, 0.2) is 11.6 Å². The Morgan fingerprint density at radius 3 is 3.13 bits per heavy atom. The molecular weight excluding hydrogens is 194 g/mol. The lowest BCUT2D eigenvalue weighted by atomic mass is 10.3. The molecule has 0 radical (unpaired) electrons. The Morgan fingerprint density at radius 2 is 2.33 bits per heavy atom. The third-order valence-electron chi connectivity index (χ3n) is 2.48. The maximum Gasteiger partial charge on any atom is 0.167 e. The van der Waals surface area contributed by atoms with Crippen LogP contribution in [0.15, 0.2) is 12.4 Å². The van der Waals surface area contributed by atoms with Gasteiger partial charge in [-0.3, -0.25) is 4.68 Å². The van der Waals surface area contributed by atoms with Gasteiger partial charge < -0.3 is 9.30 Å². The van der Waals surface area contributed by atoms with Crippen molar-refractivity contribution in [3.63, 3.8) is 0 Å². The topological polar surface area (TPSA) is 57.8 Å². The highest BCUT2D eigenvalue weighted by Crippen LogP contribution is 2.19. The van der Waals surface area contributed by atoms with Crippen LogP contribution in [-0.2, 0) is 24.9 Å². The van der Waals surface area contributed by atoms with E-state index in [-0.39, 0.29) is 0 Å². The lowest BCUT2D eigenvalue weighted by molar-refractivity contribution is 0.0821. The van der Waals surface area contributed by atoms with Crippen molar-refractivity contribution in [1.29, 1.82) is 0 Å². The third kappa shape index (κ3) is 1.33. The van der Waals surface area contributed by atoms with Crippen LogP contribution in [0, 0.1) is 0 Å². The Bertz CT molecular complexity index is 486. The molecule has 0 unspecified atom stereocenters. The van der Waals surface area contributed by atoms with E-state index < -0.39 is 0 Å². The molecule has 0 aliphatic carbocycles. The van der Waals surface area contributed by atoms with Gasteiger partial charge >= 0.3 is 0 Å². The van der Waals surface area contributed by atoms with Gasteiger partial charge in [0.1, 0.15) is 6.61 Å². The number of aryl methyl sites for hydroxylation is 1. The second-order valence-corrected chi connectivity index (χ2v) is 3.55. The molecule has 1 aliphatic heterocycles. The zero-order chi connectivity index (χ0) is 10.3. The molecule has 0 saturated carbocycles. The van der Waals surface area contributed by atoms with E-state index in [1.807, 2.05) is 13.2 Å². The molecule has 0 bridgehead atoms. The van der Waals surface area contributed by atoms with Gasteiger partial charge in [-0.1, -0.05) is 0 Å². The predicted molar refractivity (Wildman–Crippen MR) is 51.9 cm³/mol. The van der Waals surface area contributed by atoms with E-state index in [2.05, 4.69) is 19.9 Å². The third-order valence-corrected chi connectivity index (χ3v) is 2.48. The highest BCUT2D eigenvalue weighted by molar-refractivity contribution is 5.52. The largest absolute Gasteiger partial charge is 0.372 e. The van der Waals surface area contributed by atoms with Crippen LogP contribution in [0.1, 0.15) is 5.82 Å². The van der Waals surface area contributed by atoms with Gasteiger partial charge in [0.2, 0.25) is 0 Å². The summed E-state index contributed by atoms with van der Waals surface area (Å²) in [5.74, 6) is 1.77. The lowest BCUT2D eigenvalue weighted by Crippen LogP contribution is -2.17. The molecule has 0 spiro atoms. The maximum atomic E-state index is 5.31. The molecule has 15 heavy (non-hydrogen) atoms. The first kappa shape index (κ1) is 8.60. The number of aromatic nitrogens is 5. The molecule has 0 fully saturated rings. The summed E-state index contributed by atoms with van der Waals surface area (Å²) in [6.07, 6.45) is 3.74. The number of hydrogen-bond acceptors (Lipinski definition) is 4. The Labute approximate surface area is 86.5 Å². The van der Waals surface area contributed by atoms with Gasteiger partial charge in [-0.15, -0.1) is 10.2 Å². The Kier molecular flexibility index (Phi) is 1.81. The van der Waals surface area contributed by atoms with Crippen LogP contribution < -0.4 is 0 Å². The minimum Gasteiger partial charge on any atom is -0.372 e. The van der Waals surface area contributed by atoms with Crippen molar-refractivity contribution in [2.45, 2.75) is 13.2 Å². The standard InChI is InChI=1S/C9H11N5O/c1-13-5-7(4-10-13)9-12-11-8-6-15-3-2-14(8)9/h4-5H,2-3,6H2,1H3. The summed E-state index contributed by atoms with van der Waals surface area (Å²) in [5.41, 5.74) is 0.998. The van der Waals surface area contributed by atoms with Gasteiger partial charge in [-0.25, -0.2) is 0 Å². The van der Waals surface area contributed by atoms with Crippen molar-refractivity contribution >= 4 is 0 Å². The molecule has 0 aromatic carbocycles. The van der Waals surface area contributed by atoms with Crippen molar-refractivity contribution in [2.24, 2.45) is 7.05 Å². The van der Waals surface area contributed by atoms with E-state index in [0.29, 0.717) is 6.61 Å². The van der Waals surface area contributed by atoms with Crippen LogP contribution in [0.4, 0.5) is 0 Å². The quantitative estimate of drug-likeness (QED) is 0.667. The Balaban J connectivity index is 2.08. The van der Waals surface area contributed by atoms with E-state index in [1.165, 1.54) is 0 Å². The first-order valence-electron chi connectivity index (χ1n) is 4.83.